The number of nitrogens with one attached hydrogen (secondary N) is 2. The van der Waals surface area contributed by atoms with Crippen molar-refractivity contribution in [3.8, 4) is 0 Å². The second-order valence-electron chi connectivity index (χ2n) is 7.65. The second kappa shape index (κ2) is 8.65. The third-order valence-corrected chi connectivity index (χ3v) is 6.98. The van der Waals surface area contributed by atoms with Crippen LogP contribution in [-0.2, 0) is 20.2 Å². The highest BCUT2D eigenvalue weighted by Crippen LogP contribution is 2.48. The Labute approximate surface area is 172 Å². The Hall–Kier alpha value is -2.22. The molecule has 7 heteroatoms. The van der Waals surface area contributed by atoms with Crippen molar-refractivity contribution in [2.75, 3.05) is 26.8 Å². The topological polar surface area (TPSA) is 84.5 Å². The van der Waals surface area contributed by atoms with E-state index in [-0.39, 0.29) is 29.4 Å². The summed E-state index contributed by atoms with van der Waals surface area (Å²) in [6, 6.07) is 12.9. The van der Waals surface area contributed by atoms with Gasteiger partial charge < -0.3 is 10.1 Å². The minimum Gasteiger partial charge on any atom is -0.383 e. The van der Waals surface area contributed by atoms with Gasteiger partial charge in [0.2, 0.25) is 10.0 Å². The number of ether oxygens (including phenoxy) is 1. The third kappa shape index (κ3) is 4.86. The lowest BCUT2D eigenvalue weighted by molar-refractivity contribution is 0.0949. The summed E-state index contributed by atoms with van der Waals surface area (Å²) >= 11 is 0. The van der Waals surface area contributed by atoms with E-state index < -0.39 is 10.0 Å². The van der Waals surface area contributed by atoms with Gasteiger partial charge in [-0.2, -0.15) is 0 Å². The monoisotopic (exact) mass is 416 g/mol. The molecular weight excluding hydrogens is 388 g/mol. The molecule has 1 amide bonds. The van der Waals surface area contributed by atoms with Crippen molar-refractivity contribution in [2.24, 2.45) is 0 Å². The van der Waals surface area contributed by atoms with Crippen LogP contribution in [0.3, 0.4) is 0 Å². The second-order valence-corrected chi connectivity index (χ2v) is 9.41. The van der Waals surface area contributed by atoms with Crippen LogP contribution in [0, 0.1) is 13.8 Å². The number of aryl methyl sites for hydroxylation is 2. The lowest BCUT2D eigenvalue weighted by atomic mass is 9.91. The fraction of sp³-hybridized carbons (Fsp3) is 0.409. The molecule has 1 aliphatic carbocycles. The normalized spacial score (nSPS) is 15.1. The molecule has 6 nitrogen and oxygen atoms in total. The van der Waals surface area contributed by atoms with Crippen molar-refractivity contribution < 1.29 is 17.9 Å². The standard InChI is InChI=1S/C22H28N2O4S/c1-16-8-9-18(29(26,27)24-12-13-28-3)14-19(16)21(25)23-15-22(10-11-22)20-7-5-4-6-17(20)2/h4-9,14,24H,10-13,15H2,1-3H3,(H,23,25). The first-order valence-electron chi connectivity index (χ1n) is 9.73. The molecule has 2 N–H and O–H groups in total. The molecule has 0 unspecified atom stereocenters. The van der Waals surface area contributed by atoms with Crippen LogP contribution in [-0.4, -0.2) is 41.1 Å². The minimum atomic E-state index is -3.69. The molecule has 1 aliphatic rings. The Balaban J connectivity index is 1.74. The van der Waals surface area contributed by atoms with Crippen LogP contribution in [0.1, 0.15) is 39.9 Å². The van der Waals surface area contributed by atoms with E-state index in [1.54, 1.807) is 13.0 Å². The van der Waals surface area contributed by atoms with E-state index in [1.165, 1.54) is 30.4 Å². The van der Waals surface area contributed by atoms with E-state index in [9.17, 15) is 13.2 Å². The van der Waals surface area contributed by atoms with Gasteiger partial charge in [0.25, 0.3) is 5.91 Å². The molecule has 2 aromatic rings. The van der Waals surface area contributed by atoms with E-state index in [1.807, 2.05) is 12.1 Å². The Morgan fingerprint density at radius 1 is 1.10 bits per heavy atom. The van der Waals surface area contributed by atoms with Crippen LogP contribution in [0.4, 0.5) is 0 Å². The third-order valence-electron chi connectivity index (χ3n) is 5.52. The van der Waals surface area contributed by atoms with Gasteiger partial charge in [0.1, 0.15) is 0 Å². The van der Waals surface area contributed by atoms with Crippen molar-refractivity contribution >= 4 is 15.9 Å². The lowest BCUT2D eigenvalue weighted by Gasteiger charge is -2.19. The zero-order valence-electron chi connectivity index (χ0n) is 17.1. The molecule has 0 saturated heterocycles. The summed E-state index contributed by atoms with van der Waals surface area (Å²) in [5, 5.41) is 3.03. The fourth-order valence-corrected chi connectivity index (χ4v) is 4.62. The van der Waals surface area contributed by atoms with E-state index >= 15 is 0 Å². The Morgan fingerprint density at radius 2 is 1.83 bits per heavy atom. The predicted molar refractivity (Wildman–Crippen MR) is 113 cm³/mol. The first kappa shape index (κ1) is 21.5. The summed E-state index contributed by atoms with van der Waals surface area (Å²) in [6.45, 7) is 4.88. The molecule has 0 aromatic heterocycles. The highest BCUT2D eigenvalue weighted by atomic mass is 32.2. The largest absolute Gasteiger partial charge is 0.383 e. The smallest absolute Gasteiger partial charge is 0.251 e. The number of benzene rings is 2. The van der Waals surface area contributed by atoms with E-state index in [4.69, 9.17) is 4.74 Å². The Morgan fingerprint density at radius 3 is 2.48 bits per heavy atom. The van der Waals surface area contributed by atoms with Crippen molar-refractivity contribution in [1.29, 1.82) is 0 Å². The van der Waals surface area contributed by atoms with Crippen LogP contribution < -0.4 is 10.0 Å². The van der Waals surface area contributed by atoms with Crippen LogP contribution in [0.25, 0.3) is 0 Å². The Bertz CT molecular complexity index is 998. The molecule has 1 fully saturated rings. The average Bonchev–Trinajstić information content (AvgIpc) is 3.48. The zero-order chi connectivity index (χ0) is 21.1. The van der Waals surface area contributed by atoms with Gasteiger partial charge in [-0.05, 0) is 55.5 Å². The predicted octanol–water partition coefficient (Wildman–Crippen LogP) is 2.69. The molecule has 2 aromatic carbocycles. The van der Waals surface area contributed by atoms with E-state index in [0.29, 0.717) is 12.1 Å². The molecule has 0 aliphatic heterocycles. The lowest BCUT2D eigenvalue weighted by Crippen LogP contribution is -2.33. The average molecular weight is 417 g/mol. The van der Waals surface area contributed by atoms with Crippen molar-refractivity contribution in [3.63, 3.8) is 0 Å². The van der Waals surface area contributed by atoms with Crippen molar-refractivity contribution in [2.45, 2.75) is 37.0 Å². The number of sulfonamides is 1. The molecule has 0 spiro atoms. The van der Waals surface area contributed by atoms with Crippen molar-refractivity contribution in [1.82, 2.24) is 10.0 Å². The molecule has 0 radical (unpaired) electrons. The molecule has 0 heterocycles. The number of hydrogen-bond acceptors (Lipinski definition) is 4. The number of hydrogen-bond donors (Lipinski definition) is 2. The number of methoxy groups -OCH3 is 1. The first-order valence-corrected chi connectivity index (χ1v) is 11.2. The van der Waals surface area contributed by atoms with Gasteiger partial charge in [0.15, 0.2) is 0 Å². The van der Waals surface area contributed by atoms with E-state index in [0.717, 1.165) is 18.4 Å². The van der Waals surface area contributed by atoms with E-state index in [2.05, 4.69) is 29.1 Å². The van der Waals surface area contributed by atoms with Crippen LogP contribution in [0.15, 0.2) is 47.4 Å². The van der Waals surface area contributed by atoms with Gasteiger partial charge in [0.05, 0.1) is 11.5 Å². The SMILES string of the molecule is COCCNS(=O)(=O)c1ccc(C)c(C(=O)NCC2(c3ccccc3C)CC2)c1. The summed E-state index contributed by atoms with van der Waals surface area (Å²) < 4.78 is 32.2. The zero-order valence-corrected chi connectivity index (χ0v) is 17.9. The number of carbonyl (C=O) groups excluding carboxylic acids is 1. The molecular formula is C22H28N2O4S. The number of carbonyl (C=O) groups is 1. The van der Waals surface area contributed by atoms with Crippen LogP contribution in [0.2, 0.25) is 0 Å². The van der Waals surface area contributed by atoms with Gasteiger partial charge in [-0.1, -0.05) is 30.3 Å². The minimum absolute atomic E-state index is 0.0136. The molecule has 0 bridgehead atoms. The van der Waals surface area contributed by atoms with Crippen LogP contribution in [0.5, 0.6) is 0 Å². The highest BCUT2D eigenvalue weighted by molar-refractivity contribution is 7.89. The van der Waals surface area contributed by atoms with Gasteiger partial charge in [-0.3, -0.25) is 4.79 Å². The molecule has 1 saturated carbocycles. The summed E-state index contributed by atoms with van der Waals surface area (Å²) in [4.78, 5) is 12.9. The van der Waals surface area contributed by atoms with Gasteiger partial charge in [-0.15, -0.1) is 0 Å². The fourth-order valence-electron chi connectivity index (χ4n) is 3.58. The molecule has 156 valence electrons. The number of rotatable bonds is 9. The summed E-state index contributed by atoms with van der Waals surface area (Å²) in [6.07, 6.45) is 2.07. The highest BCUT2D eigenvalue weighted by Gasteiger charge is 2.45. The van der Waals surface area contributed by atoms with Gasteiger partial charge in [-0.25, -0.2) is 13.1 Å². The maximum atomic E-state index is 12.8. The Kier molecular flexibility index (Phi) is 6.41. The molecule has 29 heavy (non-hydrogen) atoms. The molecule has 3 rings (SSSR count). The maximum absolute atomic E-state index is 12.8. The quantitative estimate of drug-likeness (QED) is 0.616. The van der Waals surface area contributed by atoms with Gasteiger partial charge in [0, 0.05) is 31.2 Å². The number of amides is 1. The van der Waals surface area contributed by atoms with Crippen molar-refractivity contribution in [3.05, 3.63) is 64.7 Å². The summed E-state index contributed by atoms with van der Waals surface area (Å²) in [5.41, 5.74) is 3.60. The summed E-state index contributed by atoms with van der Waals surface area (Å²) in [5.74, 6) is -0.253. The maximum Gasteiger partial charge on any atom is 0.251 e. The molecule has 0 atom stereocenters. The van der Waals surface area contributed by atoms with Gasteiger partial charge >= 0.3 is 0 Å². The first-order chi connectivity index (χ1) is 13.8. The van der Waals surface area contributed by atoms with Crippen LogP contribution >= 0.6 is 0 Å². The summed E-state index contributed by atoms with van der Waals surface area (Å²) in [7, 11) is -2.19.